The Morgan fingerprint density at radius 1 is 0.489 bits per heavy atom. The molecule has 3 aromatic heterocycles. The second-order valence-electron chi connectivity index (χ2n) is 12.2. The number of nitrogens with zero attached hydrogens (tertiary/aromatic N) is 4. The molecule has 0 radical (unpaired) electrons. The summed E-state index contributed by atoms with van der Waals surface area (Å²) >= 11 is 0. The van der Waals surface area contributed by atoms with Crippen LogP contribution in [0.2, 0.25) is 0 Å². The summed E-state index contributed by atoms with van der Waals surface area (Å²) in [5.74, 6) is 0.621. The standard InChI is InChI=1S/C42H24N4O/c1-2-13-25(14-3-1)45-33-22-10-7-18-29(33)39-38-31(20-12-23-34(38)45)43-42(44-39)46-32-21-9-6-17-28(32)36-26-15-4-5-16-27(26)37-30-19-8-11-24-35(30)47-41(37)40(36)46/h1-24H. The minimum Gasteiger partial charge on any atom is -0.454 e. The van der Waals surface area contributed by atoms with Gasteiger partial charge in [0.1, 0.15) is 11.1 Å². The second kappa shape index (κ2) is 9.05. The molecule has 0 unspecified atom stereocenters. The molecule has 0 aliphatic carbocycles. The van der Waals surface area contributed by atoms with Crippen molar-refractivity contribution in [1.82, 2.24) is 14.5 Å². The first-order valence-electron chi connectivity index (χ1n) is 15.9. The average Bonchev–Trinajstić information content (AvgIpc) is 3.69. The number of benzene rings is 7. The summed E-state index contributed by atoms with van der Waals surface area (Å²) in [5.41, 5.74) is 9.89. The molecule has 1 aliphatic heterocycles. The fourth-order valence-corrected chi connectivity index (χ4v) is 7.82. The summed E-state index contributed by atoms with van der Waals surface area (Å²) in [4.78, 5) is 13.1. The van der Waals surface area contributed by atoms with Crippen molar-refractivity contribution >= 4 is 82.5 Å². The maximum atomic E-state index is 6.78. The van der Waals surface area contributed by atoms with Crippen LogP contribution in [-0.4, -0.2) is 14.5 Å². The minimum absolute atomic E-state index is 0.621. The maximum Gasteiger partial charge on any atom is 0.235 e. The van der Waals surface area contributed by atoms with E-state index in [1.165, 1.54) is 10.8 Å². The molecular weight excluding hydrogens is 576 g/mol. The van der Waals surface area contributed by atoms with E-state index in [1.54, 1.807) is 0 Å². The van der Waals surface area contributed by atoms with E-state index in [4.69, 9.17) is 14.4 Å². The number of fused-ring (bicyclic) bond motifs is 12. The van der Waals surface area contributed by atoms with Crippen LogP contribution in [0, 0.1) is 0 Å². The lowest BCUT2D eigenvalue weighted by Crippen LogP contribution is -2.16. The Kier molecular flexibility index (Phi) is 4.78. The fourth-order valence-electron chi connectivity index (χ4n) is 7.82. The van der Waals surface area contributed by atoms with E-state index in [2.05, 4.69) is 149 Å². The van der Waals surface area contributed by atoms with E-state index in [-0.39, 0.29) is 0 Å². The highest BCUT2D eigenvalue weighted by atomic mass is 16.3. The van der Waals surface area contributed by atoms with Crippen molar-refractivity contribution in [2.24, 2.45) is 0 Å². The van der Waals surface area contributed by atoms with E-state index in [0.29, 0.717) is 5.95 Å². The first kappa shape index (κ1) is 24.8. The summed E-state index contributed by atoms with van der Waals surface area (Å²) in [6.45, 7) is 0. The SMILES string of the molecule is c1ccc(N2c3ccccc3-c3nc(-n4c5ccccc5c5c6ccccc6c6c7ccccc7oc6c54)nc4cccc2c34)cc1. The van der Waals surface area contributed by atoms with Gasteiger partial charge < -0.3 is 9.32 Å². The van der Waals surface area contributed by atoms with Crippen LogP contribution in [-0.2, 0) is 0 Å². The zero-order valence-corrected chi connectivity index (χ0v) is 25.1. The van der Waals surface area contributed by atoms with Gasteiger partial charge in [0.15, 0.2) is 5.58 Å². The van der Waals surface area contributed by atoms with Crippen molar-refractivity contribution in [3.8, 4) is 17.2 Å². The van der Waals surface area contributed by atoms with Crippen molar-refractivity contribution in [2.45, 2.75) is 0 Å². The molecule has 10 aromatic rings. The Hall–Kier alpha value is -6.46. The molecule has 5 nitrogen and oxygen atoms in total. The van der Waals surface area contributed by atoms with Crippen LogP contribution in [0.4, 0.5) is 17.1 Å². The van der Waals surface area contributed by atoms with Crippen LogP contribution in [0.3, 0.4) is 0 Å². The van der Waals surface area contributed by atoms with Gasteiger partial charge in [-0.15, -0.1) is 0 Å². The van der Waals surface area contributed by atoms with E-state index in [0.717, 1.165) is 83.0 Å². The van der Waals surface area contributed by atoms with Crippen molar-refractivity contribution in [3.63, 3.8) is 0 Å². The summed E-state index contributed by atoms with van der Waals surface area (Å²) < 4.78 is 8.99. The molecule has 11 rings (SSSR count). The predicted octanol–water partition coefficient (Wildman–Crippen LogP) is 11.2. The number of hydrogen-bond donors (Lipinski definition) is 0. The predicted molar refractivity (Wildman–Crippen MR) is 192 cm³/mol. The van der Waals surface area contributed by atoms with Crippen LogP contribution in [0.15, 0.2) is 150 Å². The molecule has 0 fully saturated rings. The summed E-state index contributed by atoms with van der Waals surface area (Å²) in [7, 11) is 0. The third-order valence-electron chi connectivity index (χ3n) is 9.70. The molecule has 4 heterocycles. The monoisotopic (exact) mass is 600 g/mol. The molecule has 0 amide bonds. The van der Waals surface area contributed by atoms with Crippen LogP contribution >= 0.6 is 0 Å². The summed E-state index contributed by atoms with van der Waals surface area (Å²) in [6.07, 6.45) is 0. The lowest BCUT2D eigenvalue weighted by atomic mass is 9.96. The molecule has 0 saturated heterocycles. The van der Waals surface area contributed by atoms with Crippen molar-refractivity contribution in [2.75, 3.05) is 4.90 Å². The summed E-state index contributed by atoms with van der Waals surface area (Å²) in [5, 5.41) is 7.90. The van der Waals surface area contributed by atoms with E-state index in [1.807, 2.05) is 6.07 Å². The topological polar surface area (TPSA) is 47.1 Å². The van der Waals surface area contributed by atoms with Gasteiger partial charge in [-0.2, -0.15) is 0 Å². The lowest BCUT2D eigenvalue weighted by molar-refractivity contribution is 0.671. The minimum atomic E-state index is 0.621. The number of furan rings is 1. The maximum absolute atomic E-state index is 6.78. The Morgan fingerprint density at radius 3 is 2.04 bits per heavy atom. The smallest absolute Gasteiger partial charge is 0.235 e. The summed E-state index contributed by atoms with van der Waals surface area (Å²) in [6, 6.07) is 51.0. The first-order chi connectivity index (χ1) is 23.3. The van der Waals surface area contributed by atoms with Crippen molar-refractivity contribution in [1.29, 1.82) is 0 Å². The molecule has 0 spiro atoms. The van der Waals surface area contributed by atoms with Gasteiger partial charge >= 0.3 is 0 Å². The highest BCUT2D eigenvalue weighted by Crippen LogP contribution is 2.51. The second-order valence-corrected chi connectivity index (χ2v) is 12.2. The van der Waals surface area contributed by atoms with Gasteiger partial charge in [-0.3, -0.25) is 4.57 Å². The van der Waals surface area contributed by atoms with Gasteiger partial charge in [0, 0.05) is 32.8 Å². The Morgan fingerprint density at radius 2 is 1.17 bits per heavy atom. The van der Waals surface area contributed by atoms with Gasteiger partial charge in [0.25, 0.3) is 0 Å². The molecule has 0 saturated carbocycles. The molecule has 47 heavy (non-hydrogen) atoms. The van der Waals surface area contributed by atoms with E-state index < -0.39 is 0 Å². The molecule has 0 N–H and O–H groups in total. The largest absolute Gasteiger partial charge is 0.454 e. The average molecular weight is 601 g/mol. The van der Waals surface area contributed by atoms with Crippen LogP contribution in [0.25, 0.3) is 82.6 Å². The third-order valence-corrected chi connectivity index (χ3v) is 9.70. The quantitative estimate of drug-likeness (QED) is 0.198. The highest BCUT2D eigenvalue weighted by Gasteiger charge is 2.29. The van der Waals surface area contributed by atoms with Crippen molar-refractivity contribution in [3.05, 3.63) is 146 Å². The molecule has 7 aromatic carbocycles. The molecule has 1 aliphatic rings. The zero-order chi connectivity index (χ0) is 30.6. The Labute approximate surface area is 268 Å². The van der Waals surface area contributed by atoms with Gasteiger partial charge in [0.05, 0.1) is 33.5 Å². The fraction of sp³-hybridized carbons (Fsp3) is 0. The van der Waals surface area contributed by atoms with Crippen LogP contribution in [0.5, 0.6) is 0 Å². The van der Waals surface area contributed by atoms with Gasteiger partial charge in [-0.05, 0) is 53.2 Å². The Balaban J connectivity index is 1.32. The molecular formula is C42H24N4O. The van der Waals surface area contributed by atoms with Gasteiger partial charge in [-0.25, -0.2) is 9.97 Å². The molecule has 0 bridgehead atoms. The zero-order valence-electron chi connectivity index (χ0n) is 25.1. The Bertz CT molecular complexity index is 2920. The molecule has 218 valence electrons. The highest BCUT2D eigenvalue weighted by molar-refractivity contribution is 6.35. The lowest BCUT2D eigenvalue weighted by Gasteiger charge is -2.32. The van der Waals surface area contributed by atoms with Crippen molar-refractivity contribution < 1.29 is 4.42 Å². The van der Waals surface area contributed by atoms with Gasteiger partial charge in [-0.1, -0.05) is 103 Å². The number of anilines is 3. The molecule has 5 heteroatoms. The number of rotatable bonds is 2. The number of para-hydroxylation sites is 4. The normalized spacial score (nSPS) is 12.6. The first-order valence-corrected chi connectivity index (χ1v) is 15.9. The number of hydrogen-bond acceptors (Lipinski definition) is 4. The van der Waals surface area contributed by atoms with E-state index in [9.17, 15) is 0 Å². The van der Waals surface area contributed by atoms with E-state index >= 15 is 0 Å². The molecule has 0 atom stereocenters. The van der Waals surface area contributed by atoms with Crippen LogP contribution in [0.1, 0.15) is 0 Å². The number of aromatic nitrogens is 3. The van der Waals surface area contributed by atoms with Gasteiger partial charge in [0.2, 0.25) is 5.95 Å². The van der Waals surface area contributed by atoms with Crippen LogP contribution < -0.4 is 4.90 Å². The third kappa shape index (κ3) is 3.22.